The standard InChI is InChI=1S/C25H35N3O4/c1-5-7-17-9-11-21-18(14-17)10-12-22-20(27-16-28(21)22)15-19(23(29)30)8-6-13-26-24(31)32-25(2,3)4/h9,11,14,16,19H,5-8,10,12-13,15H2,1-4H3,(H,26,31)(H,29,30). The number of benzene rings is 1. The molecule has 1 atom stereocenters. The fourth-order valence-electron chi connectivity index (χ4n) is 4.22. The molecule has 1 aliphatic rings. The average molecular weight is 442 g/mol. The highest BCUT2D eigenvalue weighted by molar-refractivity contribution is 5.70. The van der Waals surface area contributed by atoms with E-state index < -0.39 is 23.6 Å². The first-order chi connectivity index (χ1) is 15.2. The molecule has 1 aliphatic heterocycles. The van der Waals surface area contributed by atoms with E-state index in [1.54, 1.807) is 20.8 Å². The maximum absolute atomic E-state index is 11.9. The van der Waals surface area contributed by atoms with Crippen molar-refractivity contribution in [2.24, 2.45) is 5.92 Å². The van der Waals surface area contributed by atoms with Gasteiger partial charge in [0.25, 0.3) is 0 Å². The molecule has 1 amide bonds. The van der Waals surface area contributed by atoms with Crippen LogP contribution in [0.1, 0.15) is 69.5 Å². The summed E-state index contributed by atoms with van der Waals surface area (Å²) in [7, 11) is 0. The van der Waals surface area contributed by atoms with E-state index in [2.05, 4.69) is 40.0 Å². The largest absolute Gasteiger partial charge is 0.481 e. The molecule has 1 unspecified atom stereocenters. The Labute approximate surface area is 190 Å². The van der Waals surface area contributed by atoms with Crippen LogP contribution < -0.4 is 5.32 Å². The Morgan fingerprint density at radius 2 is 2.06 bits per heavy atom. The third-order valence-electron chi connectivity index (χ3n) is 5.71. The minimum atomic E-state index is -0.829. The van der Waals surface area contributed by atoms with Crippen molar-refractivity contribution in [3.63, 3.8) is 0 Å². The van der Waals surface area contributed by atoms with Gasteiger partial charge in [-0.25, -0.2) is 9.78 Å². The van der Waals surface area contributed by atoms with E-state index in [9.17, 15) is 14.7 Å². The van der Waals surface area contributed by atoms with E-state index >= 15 is 0 Å². The van der Waals surface area contributed by atoms with Crippen molar-refractivity contribution < 1.29 is 19.4 Å². The van der Waals surface area contributed by atoms with Crippen LogP contribution in [0.2, 0.25) is 0 Å². The molecule has 7 nitrogen and oxygen atoms in total. The van der Waals surface area contributed by atoms with Gasteiger partial charge in [-0.3, -0.25) is 4.79 Å². The number of hydrogen-bond donors (Lipinski definition) is 2. The van der Waals surface area contributed by atoms with E-state index in [0.717, 1.165) is 42.8 Å². The Morgan fingerprint density at radius 1 is 1.28 bits per heavy atom. The minimum absolute atomic E-state index is 0.382. The highest BCUT2D eigenvalue weighted by atomic mass is 16.6. The van der Waals surface area contributed by atoms with Gasteiger partial charge in [0.2, 0.25) is 0 Å². The number of carboxylic acid groups (broad SMARTS) is 1. The van der Waals surface area contributed by atoms with Gasteiger partial charge in [0.05, 0.1) is 17.9 Å². The molecule has 0 aliphatic carbocycles. The molecule has 1 aromatic heterocycles. The van der Waals surface area contributed by atoms with Crippen LogP contribution >= 0.6 is 0 Å². The van der Waals surface area contributed by atoms with Crippen molar-refractivity contribution in [2.75, 3.05) is 6.54 Å². The van der Waals surface area contributed by atoms with Crippen molar-refractivity contribution in [1.82, 2.24) is 14.9 Å². The zero-order chi connectivity index (χ0) is 23.3. The number of amides is 1. The first kappa shape index (κ1) is 23.8. The summed E-state index contributed by atoms with van der Waals surface area (Å²) in [5.41, 5.74) is 5.26. The van der Waals surface area contributed by atoms with Crippen LogP contribution in [-0.2, 0) is 35.2 Å². The smallest absolute Gasteiger partial charge is 0.407 e. The van der Waals surface area contributed by atoms with Gasteiger partial charge in [0, 0.05) is 24.3 Å². The molecule has 32 heavy (non-hydrogen) atoms. The Balaban J connectivity index is 1.61. The van der Waals surface area contributed by atoms with Crippen LogP contribution in [0.4, 0.5) is 4.79 Å². The molecule has 2 N–H and O–H groups in total. The summed E-state index contributed by atoms with van der Waals surface area (Å²) in [4.78, 5) is 28.2. The normalized spacial score (nSPS) is 13.8. The molecule has 2 aromatic rings. The van der Waals surface area contributed by atoms with Gasteiger partial charge < -0.3 is 19.7 Å². The third-order valence-corrected chi connectivity index (χ3v) is 5.71. The topological polar surface area (TPSA) is 93.4 Å². The molecular formula is C25H35N3O4. The summed E-state index contributed by atoms with van der Waals surface area (Å²) in [6, 6.07) is 6.62. The average Bonchev–Trinajstić information content (AvgIpc) is 3.12. The van der Waals surface area contributed by atoms with Crippen molar-refractivity contribution in [3.05, 3.63) is 47.0 Å². The summed E-state index contributed by atoms with van der Waals surface area (Å²) in [6.07, 6.45) is 6.80. The number of carbonyl (C=O) groups excluding carboxylic acids is 1. The Hall–Kier alpha value is -2.83. The van der Waals surface area contributed by atoms with Crippen LogP contribution in [0.25, 0.3) is 5.69 Å². The van der Waals surface area contributed by atoms with E-state index in [1.807, 2.05) is 6.33 Å². The van der Waals surface area contributed by atoms with Crippen molar-refractivity contribution >= 4 is 12.1 Å². The fourth-order valence-corrected chi connectivity index (χ4v) is 4.22. The molecule has 0 spiro atoms. The predicted molar refractivity (Wildman–Crippen MR) is 123 cm³/mol. The lowest BCUT2D eigenvalue weighted by Crippen LogP contribution is -2.33. The predicted octanol–water partition coefficient (Wildman–Crippen LogP) is 4.47. The lowest BCUT2D eigenvalue weighted by atomic mass is 9.93. The van der Waals surface area contributed by atoms with Crippen LogP contribution in [0, 0.1) is 5.92 Å². The number of alkyl carbamates (subject to hydrolysis) is 1. The first-order valence-corrected chi connectivity index (χ1v) is 11.5. The van der Waals surface area contributed by atoms with Crippen LogP contribution in [-0.4, -0.2) is 38.9 Å². The highest BCUT2D eigenvalue weighted by Crippen LogP contribution is 2.29. The van der Waals surface area contributed by atoms with E-state index in [4.69, 9.17) is 4.74 Å². The van der Waals surface area contributed by atoms with Crippen LogP contribution in [0.3, 0.4) is 0 Å². The molecule has 0 saturated carbocycles. The Morgan fingerprint density at radius 3 is 2.75 bits per heavy atom. The van der Waals surface area contributed by atoms with Gasteiger partial charge in [-0.15, -0.1) is 0 Å². The van der Waals surface area contributed by atoms with Gasteiger partial charge in [-0.05, 0) is 70.1 Å². The summed E-state index contributed by atoms with van der Waals surface area (Å²) >= 11 is 0. The number of hydrogen-bond acceptors (Lipinski definition) is 4. The molecule has 0 fully saturated rings. The molecule has 0 saturated heterocycles. The Kier molecular flexibility index (Phi) is 7.59. The number of carboxylic acids is 1. The van der Waals surface area contributed by atoms with Gasteiger partial charge in [-0.1, -0.05) is 25.5 Å². The maximum Gasteiger partial charge on any atom is 0.407 e. The number of ether oxygens (including phenoxy) is 1. The Bertz CT molecular complexity index is 959. The second-order valence-corrected chi connectivity index (χ2v) is 9.53. The van der Waals surface area contributed by atoms with E-state index in [1.165, 1.54) is 11.1 Å². The summed E-state index contributed by atoms with van der Waals surface area (Å²) in [5.74, 6) is -1.37. The van der Waals surface area contributed by atoms with Crippen molar-refractivity contribution in [3.8, 4) is 5.69 Å². The molecule has 3 rings (SSSR count). The number of carbonyl (C=O) groups is 2. The number of aliphatic carboxylic acids is 1. The first-order valence-electron chi connectivity index (χ1n) is 11.5. The van der Waals surface area contributed by atoms with Crippen LogP contribution in [0.5, 0.6) is 0 Å². The number of nitrogens with one attached hydrogen (secondary N) is 1. The number of imidazole rings is 1. The summed E-state index contributed by atoms with van der Waals surface area (Å²) in [5, 5.41) is 12.4. The number of fused-ring (bicyclic) bond motifs is 3. The van der Waals surface area contributed by atoms with Crippen molar-refractivity contribution in [1.29, 1.82) is 0 Å². The van der Waals surface area contributed by atoms with E-state index in [0.29, 0.717) is 25.8 Å². The van der Waals surface area contributed by atoms with Crippen LogP contribution in [0.15, 0.2) is 24.5 Å². The second-order valence-electron chi connectivity index (χ2n) is 9.53. The van der Waals surface area contributed by atoms with Gasteiger partial charge >= 0.3 is 12.1 Å². The number of rotatable bonds is 9. The molecular weight excluding hydrogens is 406 g/mol. The zero-order valence-electron chi connectivity index (χ0n) is 19.6. The molecule has 174 valence electrons. The van der Waals surface area contributed by atoms with Crippen molar-refractivity contribution in [2.45, 2.75) is 78.2 Å². The molecule has 0 bridgehead atoms. The van der Waals surface area contributed by atoms with E-state index in [-0.39, 0.29) is 0 Å². The monoisotopic (exact) mass is 441 g/mol. The summed E-state index contributed by atoms with van der Waals surface area (Å²) < 4.78 is 7.33. The number of nitrogens with zero attached hydrogens (tertiary/aromatic N) is 2. The minimum Gasteiger partial charge on any atom is -0.481 e. The molecule has 2 heterocycles. The molecule has 7 heteroatoms. The second kappa shape index (κ2) is 10.2. The quantitative estimate of drug-likeness (QED) is 0.560. The SMILES string of the molecule is CCCc1ccc2c(c1)CCc1c(CC(CCCNC(=O)OC(C)(C)C)C(=O)O)ncn1-2. The maximum atomic E-state index is 11.9. The molecule has 1 aromatic carbocycles. The highest BCUT2D eigenvalue weighted by Gasteiger charge is 2.25. The lowest BCUT2D eigenvalue weighted by Gasteiger charge is -2.21. The lowest BCUT2D eigenvalue weighted by molar-refractivity contribution is -0.142. The van der Waals surface area contributed by atoms with Gasteiger partial charge in [0.15, 0.2) is 0 Å². The number of aryl methyl sites for hydroxylation is 2. The van der Waals surface area contributed by atoms with Gasteiger partial charge in [-0.2, -0.15) is 0 Å². The third kappa shape index (κ3) is 6.11. The number of aromatic nitrogens is 2. The van der Waals surface area contributed by atoms with Gasteiger partial charge in [0.1, 0.15) is 5.60 Å². The zero-order valence-corrected chi connectivity index (χ0v) is 19.6. The fraction of sp³-hybridized carbons (Fsp3) is 0.560. The molecule has 0 radical (unpaired) electrons. The summed E-state index contributed by atoms with van der Waals surface area (Å²) in [6.45, 7) is 7.99.